The first kappa shape index (κ1) is 16.2. The molecule has 0 aromatic carbocycles. The molecule has 0 radical (unpaired) electrons. The summed E-state index contributed by atoms with van der Waals surface area (Å²) in [5.74, 6) is 1.61. The Kier molecular flexibility index (Phi) is 5.20. The molecule has 0 spiro atoms. The lowest BCUT2D eigenvalue weighted by Gasteiger charge is -2.25. The third-order valence-corrected chi connectivity index (χ3v) is 5.36. The number of sulfone groups is 1. The molecule has 0 saturated heterocycles. The van der Waals surface area contributed by atoms with Crippen molar-refractivity contribution in [3.05, 3.63) is 0 Å². The van der Waals surface area contributed by atoms with Crippen LogP contribution in [-0.4, -0.2) is 25.6 Å². The average molecular weight is 305 g/mol. The normalized spacial score (nSPS) is 12.6. The Morgan fingerprint density at radius 1 is 1.26 bits per heavy atom. The fourth-order valence-electron chi connectivity index (χ4n) is 2.22. The van der Waals surface area contributed by atoms with Gasteiger partial charge in [-0.25, -0.2) is 8.42 Å². The second-order valence-corrected chi connectivity index (χ2v) is 8.26. The SMILES string of the molecule is CC(C)C(CNc1snc(N)c1S(C)(=O)=O)C(C)C. The van der Waals surface area contributed by atoms with E-state index >= 15 is 0 Å². The maximum Gasteiger partial charge on any atom is 0.182 e. The summed E-state index contributed by atoms with van der Waals surface area (Å²) in [7, 11) is -3.35. The Bertz CT molecular complexity index is 513. The van der Waals surface area contributed by atoms with E-state index in [1.54, 1.807) is 0 Å². The quantitative estimate of drug-likeness (QED) is 0.843. The summed E-state index contributed by atoms with van der Waals surface area (Å²) in [6.07, 6.45) is 1.15. The monoisotopic (exact) mass is 305 g/mol. The molecule has 3 N–H and O–H groups in total. The fraction of sp³-hybridized carbons (Fsp3) is 0.750. The number of nitrogens with two attached hydrogens (primary N) is 1. The molecule has 5 nitrogen and oxygen atoms in total. The molecule has 1 aromatic heterocycles. The van der Waals surface area contributed by atoms with E-state index in [0.29, 0.717) is 22.8 Å². The van der Waals surface area contributed by atoms with Gasteiger partial charge in [-0.2, -0.15) is 4.37 Å². The lowest BCUT2D eigenvalue weighted by Crippen LogP contribution is -2.24. The van der Waals surface area contributed by atoms with Crippen LogP contribution in [0.5, 0.6) is 0 Å². The van der Waals surface area contributed by atoms with Gasteiger partial charge in [0, 0.05) is 12.8 Å². The molecule has 0 aliphatic carbocycles. The van der Waals surface area contributed by atoms with E-state index in [1.165, 1.54) is 0 Å². The van der Waals surface area contributed by atoms with Crippen LogP contribution in [0.2, 0.25) is 0 Å². The molecule has 7 heteroatoms. The predicted octanol–water partition coefficient (Wildman–Crippen LogP) is 2.47. The Morgan fingerprint density at radius 3 is 2.21 bits per heavy atom. The number of hydrogen-bond acceptors (Lipinski definition) is 6. The summed E-state index contributed by atoms with van der Waals surface area (Å²) < 4.78 is 27.3. The highest BCUT2D eigenvalue weighted by atomic mass is 32.2. The number of nitrogen functional groups attached to an aromatic ring is 1. The topological polar surface area (TPSA) is 85.1 Å². The van der Waals surface area contributed by atoms with Crippen molar-refractivity contribution in [3.8, 4) is 0 Å². The van der Waals surface area contributed by atoms with E-state index in [0.717, 1.165) is 24.3 Å². The summed E-state index contributed by atoms with van der Waals surface area (Å²) in [4.78, 5) is 0.128. The highest BCUT2D eigenvalue weighted by Crippen LogP contribution is 2.32. The first-order chi connectivity index (χ1) is 8.64. The van der Waals surface area contributed by atoms with Gasteiger partial charge in [0.2, 0.25) is 0 Å². The van der Waals surface area contributed by atoms with Crippen molar-refractivity contribution in [2.24, 2.45) is 17.8 Å². The van der Waals surface area contributed by atoms with Gasteiger partial charge in [0.05, 0.1) is 0 Å². The van der Waals surface area contributed by atoms with Crippen molar-refractivity contribution in [3.63, 3.8) is 0 Å². The molecule has 0 fully saturated rings. The van der Waals surface area contributed by atoms with Crippen LogP contribution in [0.3, 0.4) is 0 Å². The molecule has 0 atom stereocenters. The van der Waals surface area contributed by atoms with E-state index in [9.17, 15) is 8.42 Å². The third kappa shape index (κ3) is 4.07. The minimum atomic E-state index is -3.35. The molecule has 0 amide bonds. The summed E-state index contributed by atoms with van der Waals surface area (Å²) in [6, 6.07) is 0. The zero-order valence-corrected chi connectivity index (χ0v) is 13.7. The van der Waals surface area contributed by atoms with Crippen molar-refractivity contribution in [2.45, 2.75) is 32.6 Å². The van der Waals surface area contributed by atoms with Gasteiger partial charge in [-0.3, -0.25) is 0 Å². The van der Waals surface area contributed by atoms with Crippen molar-refractivity contribution in [1.82, 2.24) is 4.37 Å². The number of anilines is 2. The molecule has 0 aliphatic heterocycles. The number of nitrogens with zero attached hydrogens (tertiary/aromatic N) is 1. The largest absolute Gasteiger partial charge is 0.382 e. The van der Waals surface area contributed by atoms with Crippen LogP contribution in [0.15, 0.2) is 4.90 Å². The highest BCUT2D eigenvalue weighted by Gasteiger charge is 2.23. The van der Waals surface area contributed by atoms with Gasteiger partial charge >= 0.3 is 0 Å². The van der Waals surface area contributed by atoms with Crippen LogP contribution in [0.25, 0.3) is 0 Å². The molecule has 1 aromatic rings. The summed E-state index contributed by atoms with van der Waals surface area (Å²) in [5, 5.41) is 3.75. The molecule has 0 aliphatic rings. The summed E-state index contributed by atoms with van der Waals surface area (Å²) in [6.45, 7) is 9.41. The van der Waals surface area contributed by atoms with Gasteiger partial charge in [0.1, 0.15) is 9.90 Å². The van der Waals surface area contributed by atoms with Crippen molar-refractivity contribution < 1.29 is 8.42 Å². The molecular formula is C12H23N3O2S2. The number of rotatable bonds is 6. The van der Waals surface area contributed by atoms with E-state index < -0.39 is 9.84 Å². The average Bonchev–Trinajstić information content (AvgIpc) is 2.58. The molecule has 0 bridgehead atoms. The maximum atomic E-state index is 11.7. The van der Waals surface area contributed by atoms with Gasteiger partial charge in [0.25, 0.3) is 0 Å². The summed E-state index contributed by atoms with van der Waals surface area (Å²) >= 11 is 1.10. The van der Waals surface area contributed by atoms with Crippen LogP contribution in [0.4, 0.5) is 10.8 Å². The lowest BCUT2D eigenvalue weighted by atomic mass is 9.85. The van der Waals surface area contributed by atoms with Gasteiger partial charge in [-0.05, 0) is 29.3 Å². The maximum absolute atomic E-state index is 11.7. The summed E-state index contributed by atoms with van der Waals surface area (Å²) in [5.41, 5.74) is 5.63. The fourth-order valence-corrected chi connectivity index (χ4v) is 4.29. The van der Waals surface area contributed by atoms with Gasteiger partial charge in [-0.15, -0.1) is 0 Å². The minimum absolute atomic E-state index is 0.0839. The Balaban J connectivity index is 2.90. The standard InChI is InChI=1S/C12H23N3O2S2/c1-7(2)9(8(3)4)6-14-12-10(19(5,16)17)11(13)15-18-12/h7-9,14H,6H2,1-5H3,(H2,13,15). The molecule has 19 heavy (non-hydrogen) atoms. The van der Waals surface area contributed by atoms with E-state index in [4.69, 9.17) is 5.73 Å². The predicted molar refractivity (Wildman–Crippen MR) is 81.3 cm³/mol. The van der Waals surface area contributed by atoms with Gasteiger partial charge in [-0.1, -0.05) is 27.7 Å². The first-order valence-electron chi connectivity index (χ1n) is 6.33. The third-order valence-electron chi connectivity index (χ3n) is 3.26. The number of nitrogens with one attached hydrogen (secondary N) is 1. The highest BCUT2D eigenvalue weighted by molar-refractivity contribution is 7.91. The molecule has 1 rings (SSSR count). The van der Waals surface area contributed by atoms with E-state index in [-0.39, 0.29) is 10.7 Å². The second-order valence-electron chi connectivity index (χ2n) is 5.53. The first-order valence-corrected chi connectivity index (χ1v) is 9.00. The second kappa shape index (κ2) is 6.09. The van der Waals surface area contributed by atoms with Crippen LogP contribution >= 0.6 is 11.5 Å². The molecule has 110 valence electrons. The van der Waals surface area contributed by atoms with E-state index in [2.05, 4.69) is 37.4 Å². The lowest BCUT2D eigenvalue weighted by molar-refractivity contribution is 0.304. The number of hydrogen-bond donors (Lipinski definition) is 2. The Morgan fingerprint density at radius 2 is 1.79 bits per heavy atom. The van der Waals surface area contributed by atoms with E-state index in [1.807, 2.05) is 0 Å². The molecule has 0 saturated carbocycles. The smallest absolute Gasteiger partial charge is 0.182 e. The van der Waals surface area contributed by atoms with Crippen LogP contribution in [0, 0.1) is 17.8 Å². The van der Waals surface area contributed by atoms with Crippen molar-refractivity contribution >= 4 is 32.2 Å². The van der Waals surface area contributed by atoms with Crippen LogP contribution in [0.1, 0.15) is 27.7 Å². The minimum Gasteiger partial charge on any atom is -0.382 e. The van der Waals surface area contributed by atoms with Gasteiger partial charge < -0.3 is 11.1 Å². The Hall–Kier alpha value is -0.820. The Labute approximate surface area is 119 Å². The van der Waals surface area contributed by atoms with Gasteiger partial charge in [0.15, 0.2) is 15.7 Å². The molecular weight excluding hydrogens is 282 g/mol. The van der Waals surface area contributed by atoms with Crippen LogP contribution in [-0.2, 0) is 9.84 Å². The zero-order valence-electron chi connectivity index (χ0n) is 12.1. The number of aromatic nitrogens is 1. The van der Waals surface area contributed by atoms with Crippen LogP contribution < -0.4 is 11.1 Å². The van der Waals surface area contributed by atoms with Crippen molar-refractivity contribution in [2.75, 3.05) is 23.9 Å². The zero-order chi connectivity index (χ0) is 14.8. The molecule has 0 unspecified atom stereocenters. The van der Waals surface area contributed by atoms with Crippen molar-refractivity contribution in [1.29, 1.82) is 0 Å². The molecule has 1 heterocycles.